The Morgan fingerprint density at radius 1 is 1.11 bits per heavy atom. The van der Waals surface area contributed by atoms with Gasteiger partial charge in [0.15, 0.2) is 6.04 Å². The Morgan fingerprint density at radius 3 is 2.50 bits per heavy atom. The van der Waals surface area contributed by atoms with Crippen LogP contribution < -0.4 is 24.4 Å². The number of imide groups is 1. The van der Waals surface area contributed by atoms with Crippen LogP contribution >= 0.6 is 0 Å². The Bertz CT molecular complexity index is 832. The number of carbonyl (C=O) groups is 2. The third kappa shape index (κ3) is 3.57. The van der Waals surface area contributed by atoms with E-state index in [9.17, 15) is 9.59 Å². The molecule has 0 saturated carbocycles. The van der Waals surface area contributed by atoms with Gasteiger partial charge >= 0.3 is 0 Å². The molecular weight excluding hydrogens is 356 g/mol. The van der Waals surface area contributed by atoms with E-state index < -0.39 is 0 Å². The number of nitrogens with zero attached hydrogens (tertiary/aromatic N) is 2. The fraction of sp³-hybridized carbons (Fsp3) is 0.381. The van der Waals surface area contributed by atoms with Gasteiger partial charge in [0.25, 0.3) is 11.7 Å². The number of benzene rings is 1. The minimum Gasteiger partial charge on any atom is -0.494 e. The van der Waals surface area contributed by atoms with Crippen molar-refractivity contribution in [2.45, 2.75) is 19.4 Å². The molecule has 0 radical (unpaired) electrons. The van der Waals surface area contributed by atoms with Gasteiger partial charge in [-0.3, -0.25) is 14.5 Å². The minimum absolute atomic E-state index is 0.0936. The van der Waals surface area contributed by atoms with Gasteiger partial charge in [0.2, 0.25) is 5.91 Å². The molecule has 2 aromatic rings. The Balaban J connectivity index is 1.41. The molecule has 146 valence electrons. The molecular formula is C21H26N4O3+2. The molecule has 2 aliphatic rings. The molecule has 1 aromatic carbocycles. The average Bonchev–Trinajstić information content (AvgIpc) is 3.04. The van der Waals surface area contributed by atoms with E-state index in [0.717, 1.165) is 37.7 Å². The van der Waals surface area contributed by atoms with Crippen LogP contribution in [0.4, 0.5) is 11.5 Å². The Kier molecular flexibility index (Phi) is 5.25. The highest BCUT2D eigenvalue weighted by Gasteiger charge is 2.47. The van der Waals surface area contributed by atoms with Gasteiger partial charge in [0.05, 0.1) is 24.9 Å². The Morgan fingerprint density at radius 2 is 1.86 bits per heavy atom. The summed E-state index contributed by atoms with van der Waals surface area (Å²) < 4.78 is 5.44. The van der Waals surface area contributed by atoms with Gasteiger partial charge in [0.1, 0.15) is 31.9 Å². The van der Waals surface area contributed by atoms with Crippen LogP contribution in [0.5, 0.6) is 5.75 Å². The van der Waals surface area contributed by atoms with Gasteiger partial charge in [-0.05, 0) is 37.3 Å². The number of H-pyrrole nitrogens is 1. The van der Waals surface area contributed by atoms with Crippen molar-refractivity contribution < 1.29 is 24.2 Å². The van der Waals surface area contributed by atoms with E-state index in [0.29, 0.717) is 12.3 Å². The third-order valence-electron chi connectivity index (χ3n) is 5.48. The highest BCUT2D eigenvalue weighted by Crippen LogP contribution is 2.24. The minimum atomic E-state index is -0.291. The quantitative estimate of drug-likeness (QED) is 0.736. The smallest absolute Gasteiger partial charge is 0.292 e. The van der Waals surface area contributed by atoms with Crippen molar-refractivity contribution in [1.82, 2.24) is 0 Å². The zero-order valence-electron chi connectivity index (χ0n) is 16.1. The van der Waals surface area contributed by atoms with E-state index in [1.54, 1.807) is 24.3 Å². The molecule has 4 rings (SSSR count). The summed E-state index contributed by atoms with van der Waals surface area (Å²) in [4.78, 5) is 33.7. The second-order valence-corrected chi connectivity index (χ2v) is 7.14. The molecule has 1 aromatic heterocycles. The number of carbonyl (C=O) groups excluding carboxylic acids is 2. The number of amides is 2. The van der Waals surface area contributed by atoms with E-state index in [1.807, 2.05) is 25.3 Å². The van der Waals surface area contributed by atoms with Gasteiger partial charge in [-0.2, -0.15) is 0 Å². The lowest BCUT2D eigenvalue weighted by molar-refractivity contribution is -0.915. The molecule has 2 amide bonds. The Hall–Kier alpha value is -2.93. The molecule has 3 heterocycles. The number of pyridine rings is 1. The molecule has 2 saturated heterocycles. The molecule has 0 bridgehead atoms. The number of hydrogen-bond acceptors (Lipinski definition) is 4. The number of aromatic nitrogens is 1. The predicted molar refractivity (Wildman–Crippen MR) is 104 cm³/mol. The number of hydrogen-bond donors (Lipinski definition) is 1. The molecule has 28 heavy (non-hydrogen) atoms. The van der Waals surface area contributed by atoms with E-state index in [1.165, 1.54) is 9.80 Å². The number of nitrogens with one attached hydrogen (secondary N) is 2. The maximum atomic E-state index is 13.0. The number of ether oxygens (including phenoxy) is 1. The summed E-state index contributed by atoms with van der Waals surface area (Å²) in [5.41, 5.74) is 0.623. The van der Waals surface area contributed by atoms with Crippen molar-refractivity contribution in [2.75, 3.05) is 42.6 Å². The average molecular weight is 382 g/mol. The second-order valence-electron chi connectivity index (χ2n) is 7.14. The van der Waals surface area contributed by atoms with E-state index in [4.69, 9.17) is 4.74 Å². The third-order valence-corrected chi connectivity index (χ3v) is 5.48. The van der Waals surface area contributed by atoms with Crippen molar-refractivity contribution in [3.63, 3.8) is 0 Å². The molecule has 2 N–H and O–H groups in total. The fourth-order valence-corrected chi connectivity index (χ4v) is 4.04. The number of anilines is 2. The molecule has 2 fully saturated rings. The van der Waals surface area contributed by atoms with Crippen LogP contribution in [-0.4, -0.2) is 50.6 Å². The maximum Gasteiger partial charge on any atom is 0.292 e. The SMILES string of the molecule is CCOc1ccc(N2C(=O)CC([NH+]3CCN(c4cccc[nH+]4)CC3)C2=O)cc1. The number of piperazine rings is 1. The fourth-order valence-electron chi connectivity index (χ4n) is 4.04. The lowest BCUT2D eigenvalue weighted by Crippen LogP contribution is -3.19. The molecule has 2 aliphatic heterocycles. The summed E-state index contributed by atoms with van der Waals surface area (Å²) in [7, 11) is 0. The Labute approximate surface area is 164 Å². The van der Waals surface area contributed by atoms with Crippen molar-refractivity contribution >= 4 is 23.3 Å². The predicted octanol–water partition coefficient (Wildman–Crippen LogP) is -0.0636. The van der Waals surface area contributed by atoms with Crippen molar-refractivity contribution in [2.24, 2.45) is 0 Å². The van der Waals surface area contributed by atoms with Crippen LogP contribution in [0.15, 0.2) is 48.7 Å². The molecule has 0 spiro atoms. The van der Waals surface area contributed by atoms with Crippen LogP contribution in [-0.2, 0) is 9.59 Å². The topological polar surface area (TPSA) is 68.4 Å². The van der Waals surface area contributed by atoms with Crippen molar-refractivity contribution in [3.05, 3.63) is 48.7 Å². The second kappa shape index (κ2) is 7.98. The van der Waals surface area contributed by atoms with E-state index in [2.05, 4.69) is 16.0 Å². The maximum absolute atomic E-state index is 13.0. The number of rotatable bonds is 5. The zero-order valence-corrected chi connectivity index (χ0v) is 16.1. The summed E-state index contributed by atoms with van der Waals surface area (Å²) in [5.74, 6) is 1.61. The highest BCUT2D eigenvalue weighted by atomic mass is 16.5. The van der Waals surface area contributed by atoms with Gasteiger partial charge < -0.3 is 9.64 Å². The van der Waals surface area contributed by atoms with Crippen LogP contribution in [0.2, 0.25) is 0 Å². The normalized spacial score (nSPS) is 20.7. The summed E-state index contributed by atoms with van der Waals surface area (Å²) in [6.45, 7) is 5.89. The van der Waals surface area contributed by atoms with Crippen LogP contribution in [0.25, 0.3) is 0 Å². The van der Waals surface area contributed by atoms with Gasteiger partial charge in [-0.25, -0.2) is 9.88 Å². The number of quaternary nitrogens is 1. The first-order valence-corrected chi connectivity index (χ1v) is 9.83. The molecule has 7 heteroatoms. The van der Waals surface area contributed by atoms with Crippen molar-refractivity contribution in [1.29, 1.82) is 0 Å². The molecule has 0 aliphatic carbocycles. The largest absolute Gasteiger partial charge is 0.494 e. The van der Waals surface area contributed by atoms with E-state index >= 15 is 0 Å². The summed E-state index contributed by atoms with van der Waals surface area (Å²) in [6, 6.07) is 12.9. The summed E-state index contributed by atoms with van der Waals surface area (Å²) in [6.07, 6.45) is 2.20. The zero-order chi connectivity index (χ0) is 19.5. The summed E-state index contributed by atoms with van der Waals surface area (Å²) >= 11 is 0. The first-order chi connectivity index (χ1) is 13.7. The van der Waals surface area contributed by atoms with Gasteiger partial charge in [-0.1, -0.05) is 6.07 Å². The lowest BCUT2D eigenvalue weighted by Gasteiger charge is -2.31. The highest BCUT2D eigenvalue weighted by molar-refractivity contribution is 6.21. The molecule has 7 nitrogen and oxygen atoms in total. The number of aromatic amines is 1. The monoisotopic (exact) mass is 382 g/mol. The molecule has 1 unspecified atom stereocenters. The lowest BCUT2D eigenvalue weighted by atomic mass is 10.1. The van der Waals surface area contributed by atoms with Crippen molar-refractivity contribution in [3.8, 4) is 5.75 Å². The van der Waals surface area contributed by atoms with Crippen LogP contribution in [0.3, 0.4) is 0 Å². The van der Waals surface area contributed by atoms with Gasteiger partial charge in [-0.15, -0.1) is 0 Å². The van der Waals surface area contributed by atoms with Crippen LogP contribution in [0, 0.1) is 0 Å². The first kappa shape index (κ1) is 18.4. The van der Waals surface area contributed by atoms with E-state index in [-0.39, 0.29) is 24.3 Å². The standard InChI is InChI=1S/C21H24N4O3/c1-2-28-17-8-6-16(7-9-17)25-20(26)15-18(21(25)27)23-11-13-24(14-12-23)19-5-3-4-10-22-19/h3-10,18H,2,11-15H2,1H3/p+2. The van der Waals surface area contributed by atoms with Gasteiger partial charge in [0, 0.05) is 6.07 Å². The summed E-state index contributed by atoms with van der Waals surface area (Å²) in [5, 5.41) is 0. The molecule has 1 atom stereocenters. The van der Waals surface area contributed by atoms with Crippen LogP contribution in [0.1, 0.15) is 13.3 Å². The first-order valence-electron chi connectivity index (χ1n) is 9.83.